The van der Waals surface area contributed by atoms with Crippen molar-refractivity contribution in [1.29, 1.82) is 0 Å². The van der Waals surface area contributed by atoms with Gasteiger partial charge < -0.3 is 15.3 Å². The molecule has 1 atom stereocenters. The maximum absolute atomic E-state index is 11.7. The van der Waals surface area contributed by atoms with Crippen molar-refractivity contribution in [2.75, 3.05) is 13.1 Å². The van der Waals surface area contributed by atoms with Crippen LogP contribution in [0.3, 0.4) is 0 Å². The lowest BCUT2D eigenvalue weighted by molar-refractivity contribution is -0.129. The van der Waals surface area contributed by atoms with E-state index in [9.17, 15) is 9.90 Å². The standard InChI is InChI=1S/C21H22Br2N2O2.C2H6/c1-12(26)25-8-6-13(7-9-25)19-16-4-5-18(27)20(23)17(16)3-2-14-10-15(22)11-24-21(14)19;1-2/h4-5,10-11,21,24,27H,2-3,6-9H2,1H3;1-2H3. The second-order valence-electron chi connectivity index (χ2n) is 7.30. The summed E-state index contributed by atoms with van der Waals surface area (Å²) in [5.41, 5.74) is 6.44. The maximum atomic E-state index is 11.7. The van der Waals surface area contributed by atoms with Crippen LogP contribution in [0.15, 0.2) is 44.5 Å². The third-order valence-corrected chi connectivity index (χ3v) is 7.08. The minimum atomic E-state index is 0.142. The molecule has 2 N–H and O–H groups in total. The molecule has 1 aliphatic carbocycles. The predicted molar refractivity (Wildman–Crippen MR) is 126 cm³/mol. The molecule has 1 fully saturated rings. The van der Waals surface area contributed by atoms with Crippen molar-refractivity contribution in [3.05, 3.63) is 55.6 Å². The molecule has 4 nitrogen and oxygen atoms in total. The number of benzene rings is 1. The molecule has 0 aromatic heterocycles. The van der Waals surface area contributed by atoms with Gasteiger partial charge in [0, 0.05) is 30.7 Å². The lowest BCUT2D eigenvalue weighted by Crippen LogP contribution is -2.36. The maximum Gasteiger partial charge on any atom is 0.219 e. The normalized spacial score (nSPS) is 20.9. The third kappa shape index (κ3) is 4.48. The summed E-state index contributed by atoms with van der Waals surface area (Å²) in [6.07, 6.45) is 7.83. The van der Waals surface area contributed by atoms with Gasteiger partial charge in [0.15, 0.2) is 0 Å². The van der Waals surface area contributed by atoms with Crippen molar-refractivity contribution in [2.24, 2.45) is 0 Å². The Labute approximate surface area is 190 Å². The van der Waals surface area contributed by atoms with Crippen LogP contribution in [0.5, 0.6) is 5.75 Å². The van der Waals surface area contributed by atoms with E-state index in [1.165, 1.54) is 27.8 Å². The number of hydrogen-bond acceptors (Lipinski definition) is 3. The van der Waals surface area contributed by atoms with Gasteiger partial charge in [-0.25, -0.2) is 0 Å². The van der Waals surface area contributed by atoms with Crippen LogP contribution in [0, 0.1) is 0 Å². The van der Waals surface area contributed by atoms with Crippen molar-refractivity contribution in [1.82, 2.24) is 10.2 Å². The number of piperidine rings is 1. The quantitative estimate of drug-likeness (QED) is 0.461. The van der Waals surface area contributed by atoms with Crippen LogP contribution in [0.4, 0.5) is 0 Å². The Balaban J connectivity index is 0.00000117. The molecule has 1 unspecified atom stereocenters. The highest BCUT2D eigenvalue weighted by atomic mass is 79.9. The fraction of sp³-hybridized carbons (Fsp3) is 0.435. The summed E-state index contributed by atoms with van der Waals surface area (Å²) in [7, 11) is 0. The number of nitrogens with one attached hydrogen (secondary N) is 1. The van der Waals surface area contributed by atoms with Gasteiger partial charge in [0.1, 0.15) is 5.75 Å². The van der Waals surface area contributed by atoms with Gasteiger partial charge in [0.05, 0.1) is 10.5 Å². The molecular formula is C23H28Br2N2O2. The number of fused-ring (bicyclic) bond motifs is 2. The fourth-order valence-corrected chi connectivity index (χ4v) is 5.31. The first-order valence-corrected chi connectivity index (χ1v) is 11.8. The first-order valence-electron chi connectivity index (χ1n) is 10.3. The monoisotopic (exact) mass is 522 g/mol. The lowest BCUT2D eigenvalue weighted by Gasteiger charge is -2.33. The smallest absolute Gasteiger partial charge is 0.219 e. The number of amides is 1. The van der Waals surface area contributed by atoms with Crippen molar-refractivity contribution in [2.45, 2.75) is 52.5 Å². The van der Waals surface area contributed by atoms with Crippen LogP contribution in [0.1, 0.15) is 51.2 Å². The van der Waals surface area contributed by atoms with E-state index in [4.69, 9.17) is 0 Å². The largest absolute Gasteiger partial charge is 0.507 e. The van der Waals surface area contributed by atoms with Gasteiger partial charge in [0.25, 0.3) is 0 Å². The minimum absolute atomic E-state index is 0.142. The second-order valence-corrected chi connectivity index (χ2v) is 9.00. The summed E-state index contributed by atoms with van der Waals surface area (Å²) in [6.45, 7) is 7.19. The molecule has 29 heavy (non-hydrogen) atoms. The Bertz CT molecular complexity index is 892. The van der Waals surface area contributed by atoms with Gasteiger partial charge in [-0.1, -0.05) is 25.5 Å². The van der Waals surface area contributed by atoms with E-state index in [0.717, 1.165) is 47.7 Å². The van der Waals surface area contributed by atoms with Crippen LogP contribution in [0.2, 0.25) is 0 Å². The highest BCUT2D eigenvalue weighted by Crippen LogP contribution is 2.43. The zero-order valence-corrected chi connectivity index (χ0v) is 20.4. The highest BCUT2D eigenvalue weighted by molar-refractivity contribution is 9.12. The topological polar surface area (TPSA) is 52.6 Å². The Morgan fingerprint density at radius 2 is 1.83 bits per heavy atom. The van der Waals surface area contributed by atoms with Crippen molar-refractivity contribution < 1.29 is 9.90 Å². The molecule has 4 rings (SSSR count). The van der Waals surface area contributed by atoms with Gasteiger partial charge in [-0.15, -0.1) is 0 Å². The number of carbonyl (C=O) groups is 1. The molecule has 0 bridgehead atoms. The zero-order valence-electron chi connectivity index (χ0n) is 17.2. The predicted octanol–water partition coefficient (Wildman–Crippen LogP) is 5.66. The lowest BCUT2D eigenvalue weighted by atomic mass is 9.85. The van der Waals surface area contributed by atoms with Gasteiger partial charge in [-0.2, -0.15) is 0 Å². The first kappa shape index (κ1) is 22.2. The van der Waals surface area contributed by atoms with Crippen LogP contribution in [-0.2, 0) is 11.2 Å². The molecule has 6 heteroatoms. The first-order chi connectivity index (χ1) is 14.0. The van der Waals surface area contributed by atoms with E-state index in [2.05, 4.69) is 43.3 Å². The number of hydrogen-bond donors (Lipinski definition) is 2. The summed E-state index contributed by atoms with van der Waals surface area (Å²) < 4.78 is 1.85. The summed E-state index contributed by atoms with van der Waals surface area (Å²) in [5.74, 6) is 0.437. The average Bonchev–Trinajstić information content (AvgIpc) is 2.89. The van der Waals surface area contributed by atoms with Gasteiger partial charge in [-0.3, -0.25) is 4.79 Å². The molecule has 0 spiro atoms. The van der Waals surface area contributed by atoms with Crippen molar-refractivity contribution in [3.8, 4) is 5.75 Å². The average molecular weight is 524 g/mol. The molecule has 1 aromatic rings. The van der Waals surface area contributed by atoms with E-state index < -0.39 is 0 Å². The number of likely N-dealkylation sites (tertiary alicyclic amines) is 1. The highest BCUT2D eigenvalue weighted by Gasteiger charge is 2.32. The summed E-state index contributed by atoms with van der Waals surface area (Å²) in [5, 5.41) is 13.8. The molecule has 2 heterocycles. The summed E-state index contributed by atoms with van der Waals surface area (Å²) >= 11 is 7.19. The van der Waals surface area contributed by atoms with Gasteiger partial charge >= 0.3 is 0 Å². The van der Waals surface area contributed by atoms with E-state index >= 15 is 0 Å². The number of nitrogens with zero attached hydrogens (tertiary/aromatic N) is 1. The molecule has 3 aliphatic rings. The molecule has 156 valence electrons. The zero-order chi connectivity index (χ0) is 21.1. The molecule has 1 saturated heterocycles. The fourth-order valence-electron chi connectivity index (χ4n) is 4.34. The van der Waals surface area contributed by atoms with Crippen molar-refractivity contribution >= 4 is 43.3 Å². The number of aromatic hydroxyl groups is 1. The van der Waals surface area contributed by atoms with E-state index in [1.54, 1.807) is 13.0 Å². The Morgan fingerprint density at radius 3 is 2.48 bits per heavy atom. The molecule has 0 saturated carbocycles. The number of dihydropyridines is 1. The van der Waals surface area contributed by atoms with Crippen LogP contribution in [-0.4, -0.2) is 35.0 Å². The molecule has 0 radical (unpaired) electrons. The third-order valence-electron chi connectivity index (χ3n) is 5.74. The summed E-state index contributed by atoms with van der Waals surface area (Å²) in [4.78, 5) is 13.6. The van der Waals surface area contributed by atoms with E-state index in [-0.39, 0.29) is 17.7 Å². The number of carbonyl (C=O) groups excluding carboxylic acids is 1. The number of halogens is 2. The number of allylic oxidation sites excluding steroid dienone is 2. The van der Waals surface area contributed by atoms with E-state index in [0.29, 0.717) is 0 Å². The Morgan fingerprint density at radius 1 is 1.14 bits per heavy atom. The molecule has 1 amide bonds. The molecule has 1 aromatic carbocycles. The van der Waals surface area contributed by atoms with Crippen LogP contribution < -0.4 is 5.32 Å². The van der Waals surface area contributed by atoms with Crippen LogP contribution in [0.25, 0.3) is 5.57 Å². The Hall–Kier alpha value is -1.53. The molecular weight excluding hydrogens is 496 g/mol. The SMILES string of the molecule is CC.CC(=O)N1CCC(=C2c3ccc(O)c(Br)c3CCC3=CC(Br)=CNC32)CC1. The summed E-state index contributed by atoms with van der Waals surface area (Å²) in [6, 6.07) is 3.97. The number of rotatable bonds is 0. The van der Waals surface area contributed by atoms with Crippen LogP contribution >= 0.6 is 31.9 Å². The minimum Gasteiger partial charge on any atom is -0.507 e. The molecule has 2 aliphatic heterocycles. The Kier molecular flexibility index (Phi) is 7.28. The second kappa shape index (κ2) is 9.52. The number of phenolic OH excluding ortho intramolecular Hbond substituents is 1. The number of phenols is 1. The van der Waals surface area contributed by atoms with Gasteiger partial charge in [0.2, 0.25) is 5.91 Å². The van der Waals surface area contributed by atoms with Crippen molar-refractivity contribution in [3.63, 3.8) is 0 Å². The van der Waals surface area contributed by atoms with E-state index in [1.807, 2.05) is 31.0 Å². The van der Waals surface area contributed by atoms with Gasteiger partial charge in [-0.05, 0) is 92.0 Å².